The van der Waals surface area contributed by atoms with Gasteiger partial charge >= 0.3 is 0 Å². The number of H-pyrrole nitrogens is 1. The SMILES string of the molecule is O=C(c1csc2ccccc12)c1c[nH]c2cccc(Br)c12. The van der Waals surface area contributed by atoms with Gasteiger partial charge in [0.1, 0.15) is 0 Å². The fraction of sp³-hybridized carbons (Fsp3) is 0. The van der Waals surface area contributed by atoms with Crippen molar-refractivity contribution in [3.63, 3.8) is 0 Å². The molecule has 4 rings (SSSR count). The third-order valence-electron chi connectivity index (χ3n) is 3.63. The Morgan fingerprint density at radius 1 is 1.05 bits per heavy atom. The van der Waals surface area contributed by atoms with Crippen LogP contribution < -0.4 is 0 Å². The number of hydrogen-bond acceptors (Lipinski definition) is 2. The van der Waals surface area contributed by atoms with Crippen LogP contribution in [-0.2, 0) is 0 Å². The number of thiophene rings is 1. The summed E-state index contributed by atoms with van der Waals surface area (Å²) in [6.45, 7) is 0. The van der Waals surface area contributed by atoms with Crippen molar-refractivity contribution in [1.29, 1.82) is 0 Å². The first kappa shape index (κ1) is 12.8. The van der Waals surface area contributed by atoms with Crippen LogP contribution in [0, 0.1) is 0 Å². The Labute approximate surface area is 133 Å². The Bertz CT molecular complexity index is 983. The fourth-order valence-electron chi connectivity index (χ4n) is 2.62. The fourth-order valence-corrected chi connectivity index (χ4v) is 4.14. The average Bonchev–Trinajstić information content (AvgIpc) is 3.11. The maximum Gasteiger partial charge on any atom is 0.196 e. The number of hydrogen-bond donors (Lipinski definition) is 1. The zero-order valence-electron chi connectivity index (χ0n) is 10.9. The molecule has 0 atom stereocenters. The molecule has 2 aromatic heterocycles. The highest BCUT2D eigenvalue weighted by atomic mass is 79.9. The Morgan fingerprint density at radius 2 is 1.90 bits per heavy atom. The van der Waals surface area contributed by atoms with Gasteiger partial charge in [0.2, 0.25) is 0 Å². The lowest BCUT2D eigenvalue weighted by Gasteiger charge is -2.00. The van der Waals surface area contributed by atoms with Gasteiger partial charge in [-0.3, -0.25) is 4.79 Å². The largest absolute Gasteiger partial charge is 0.360 e. The van der Waals surface area contributed by atoms with Gasteiger partial charge in [0.25, 0.3) is 0 Å². The van der Waals surface area contributed by atoms with Crippen molar-refractivity contribution in [2.24, 2.45) is 0 Å². The number of rotatable bonds is 2. The van der Waals surface area contributed by atoms with Crippen molar-refractivity contribution in [3.8, 4) is 0 Å². The van der Waals surface area contributed by atoms with Crippen molar-refractivity contribution in [1.82, 2.24) is 4.98 Å². The molecule has 2 heterocycles. The quantitative estimate of drug-likeness (QED) is 0.481. The predicted octanol–water partition coefficient (Wildman–Crippen LogP) is 5.38. The van der Waals surface area contributed by atoms with Gasteiger partial charge in [-0.05, 0) is 18.2 Å². The van der Waals surface area contributed by atoms with E-state index in [9.17, 15) is 4.79 Å². The highest BCUT2D eigenvalue weighted by Crippen LogP contribution is 2.32. The molecular formula is C17H10BrNOS. The first-order chi connectivity index (χ1) is 10.3. The number of ketones is 1. The van der Waals surface area contributed by atoms with Gasteiger partial charge in [-0.2, -0.15) is 0 Å². The molecule has 0 radical (unpaired) electrons. The molecule has 2 nitrogen and oxygen atoms in total. The minimum absolute atomic E-state index is 0.0607. The van der Waals surface area contributed by atoms with Crippen molar-refractivity contribution >= 4 is 54.0 Å². The van der Waals surface area contributed by atoms with Crippen molar-refractivity contribution in [2.45, 2.75) is 0 Å². The standard InChI is InChI=1S/C17H10BrNOS/c18-13-5-3-6-14-16(13)11(8-19-14)17(20)12-9-21-15-7-2-1-4-10(12)15/h1-9,19H. The molecule has 0 bridgehead atoms. The molecule has 0 saturated carbocycles. The first-order valence-electron chi connectivity index (χ1n) is 6.52. The molecule has 0 spiro atoms. The molecule has 0 unspecified atom stereocenters. The minimum atomic E-state index is 0.0607. The molecule has 2 aromatic carbocycles. The Kier molecular flexibility index (Phi) is 2.94. The van der Waals surface area contributed by atoms with E-state index in [1.54, 1.807) is 17.5 Å². The molecule has 4 aromatic rings. The second-order valence-electron chi connectivity index (χ2n) is 4.84. The number of halogens is 1. The molecule has 0 aliphatic carbocycles. The Balaban J connectivity index is 1.95. The smallest absolute Gasteiger partial charge is 0.196 e. The second-order valence-corrected chi connectivity index (χ2v) is 6.60. The zero-order valence-corrected chi connectivity index (χ0v) is 13.3. The lowest BCUT2D eigenvalue weighted by molar-refractivity contribution is 0.104. The number of benzene rings is 2. The number of carbonyl (C=O) groups excluding carboxylic acids is 1. The first-order valence-corrected chi connectivity index (χ1v) is 8.19. The molecule has 0 aliphatic rings. The number of aromatic nitrogens is 1. The van der Waals surface area contributed by atoms with E-state index in [1.807, 2.05) is 47.8 Å². The molecular weight excluding hydrogens is 346 g/mol. The van der Waals surface area contributed by atoms with Gasteiger partial charge < -0.3 is 4.98 Å². The summed E-state index contributed by atoms with van der Waals surface area (Å²) in [7, 11) is 0. The molecule has 21 heavy (non-hydrogen) atoms. The summed E-state index contributed by atoms with van der Waals surface area (Å²) in [6, 6.07) is 13.9. The topological polar surface area (TPSA) is 32.9 Å². The number of nitrogens with one attached hydrogen (secondary N) is 1. The molecule has 0 fully saturated rings. The van der Waals surface area contributed by atoms with Gasteiger partial charge in [0, 0.05) is 48.2 Å². The zero-order chi connectivity index (χ0) is 14.4. The monoisotopic (exact) mass is 355 g/mol. The van der Waals surface area contributed by atoms with E-state index in [-0.39, 0.29) is 5.78 Å². The van der Waals surface area contributed by atoms with Gasteiger partial charge in [-0.15, -0.1) is 11.3 Å². The minimum Gasteiger partial charge on any atom is -0.360 e. The second kappa shape index (κ2) is 4.83. The van der Waals surface area contributed by atoms with Crippen LogP contribution in [0.15, 0.2) is 58.5 Å². The summed E-state index contributed by atoms with van der Waals surface area (Å²) in [5, 5.41) is 3.91. The summed E-state index contributed by atoms with van der Waals surface area (Å²) < 4.78 is 2.07. The van der Waals surface area contributed by atoms with E-state index in [0.29, 0.717) is 5.56 Å². The molecule has 0 amide bonds. The number of fused-ring (bicyclic) bond motifs is 2. The van der Waals surface area contributed by atoms with Crippen LogP contribution >= 0.6 is 27.3 Å². The van der Waals surface area contributed by atoms with Crippen LogP contribution in [0.4, 0.5) is 0 Å². The van der Waals surface area contributed by atoms with Crippen molar-refractivity contribution in [2.75, 3.05) is 0 Å². The highest BCUT2D eigenvalue weighted by Gasteiger charge is 2.18. The van der Waals surface area contributed by atoms with Crippen LogP contribution in [0.5, 0.6) is 0 Å². The normalized spacial score (nSPS) is 11.3. The molecule has 1 N–H and O–H groups in total. The van der Waals surface area contributed by atoms with Crippen LogP contribution in [0.25, 0.3) is 21.0 Å². The van der Waals surface area contributed by atoms with Crippen molar-refractivity contribution in [3.05, 3.63) is 69.6 Å². The average molecular weight is 356 g/mol. The summed E-state index contributed by atoms with van der Waals surface area (Å²) in [5.41, 5.74) is 2.44. The van der Waals surface area contributed by atoms with Gasteiger partial charge in [-0.25, -0.2) is 0 Å². The lowest BCUT2D eigenvalue weighted by Crippen LogP contribution is -1.99. The predicted molar refractivity (Wildman–Crippen MR) is 91.3 cm³/mol. The molecule has 102 valence electrons. The summed E-state index contributed by atoms with van der Waals surface area (Å²) >= 11 is 5.14. The summed E-state index contributed by atoms with van der Waals surface area (Å²) in [5.74, 6) is 0.0607. The molecule has 0 saturated heterocycles. The highest BCUT2D eigenvalue weighted by molar-refractivity contribution is 9.10. The number of aromatic amines is 1. The summed E-state index contributed by atoms with van der Waals surface area (Å²) in [4.78, 5) is 16.1. The van der Waals surface area contributed by atoms with E-state index in [1.165, 1.54) is 0 Å². The number of carbonyl (C=O) groups is 1. The van der Waals surface area contributed by atoms with Crippen molar-refractivity contribution < 1.29 is 4.79 Å². The Hall–Kier alpha value is -1.91. The van der Waals surface area contributed by atoms with Crippen LogP contribution in [0.2, 0.25) is 0 Å². The van der Waals surface area contributed by atoms with Crippen LogP contribution in [0.3, 0.4) is 0 Å². The van der Waals surface area contributed by atoms with Gasteiger partial charge in [0.05, 0.1) is 0 Å². The van der Waals surface area contributed by atoms with E-state index in [4.69, 9.17) is 0 Å². The Morgan fingerprint density at radius 3 is 2.81 bits per heavy atom. The van der Waals surface area contributed by atoms with Crippen LogP contribution in [-0.4, -0.2) is 10.8 Å². The maximum absolute atomic E-state index is 12.9. The van der Waals surface area contributed by atoms with E-state index < -0.39 is 0 Å². The van der Waals surface area contributed by atoms with Crippen LogP contribution in [0.1, 0.15) is 15.9 Å². The summed E-state index contributed by atoms with van der Waals surface area (Å²) in [6.07, 6.45) is 1.80. The molecule has 4 heteroatoms. The maximum atomic E-state index is 12.9. The van der Waals surface area contributed by atoms with E-state index in [0.717, 1.165) is 31.0 Å². The van der Waals surface area contributed by atoms with E-state index >= 15 is 0 Å². The molecule has 0 aliphatic heterocycles. The third kappa shape index (κ3) is 1.94. The van der Waals surface area contributed by atoms with Gasteiger partial charge in [-0.1, -0.05) is 40.2 Å². The lowest BCUT2D eigenvalue weighted by atomic mass is 10.0. The van der Waals surface area contributed by atoms with E-state index in [2.05, 4.69) is 20.9 Å². The van der Waals surface area contributed by atoms with Gasteiger partial charge in [0.15, 0.2) is 5.78 Å². The third-order valence-corrected chi connectivity index (χ3v) is 5.25.